The van der Waals surface area contributed by atoms with E-state index in [2.05, 4.69) is 24.7 Å². The molecule has 1 atom stereocenters. The number of hydrogen-bond donors (Lipinski definition) is 2. The first-order valence-electron chi connectivity index (χ1n) is 7.69. The summed E-state index contributed by atoms with van der Waals surface area (Å²) >= 11 is 0. The fraction of sp³-hybridized carbons (Fsp3) is 0.875. The summed E-state index contributed by atoms with van der Waals surface area (Å²) in [6.45, 7) is 9.19. The van der Waals surface area contributed by atoms with E-state index in [1.165, 1.54) is 32.1 Å². The van der Waals surface area contributed by atoms with Gasteiger partial charge in [0.05, 0.1) is 0 Å². The molecule has 0 bridgehead atoms. The summed E-state index contributed by atoms with van der Waals surface area (Å²) in [6.07, 6.45) is 9.43. The molecule has 0 heterocycles. The molecule has 3 nitrogen and oxygen atoms in total. The zero-order valence-corrected chi connectivity index (χ0v) is 14.2. The first kappa shape index (κ1) is 23.7. The van der Waals surface area contributed by atoms with Crippen molar-refractivity contribution in [2.45, 2.75) is 72.3 Å². The largest absolute Gasteiger partial charge is 0.388 e. The van der Waals surface area contributed by atoms with Crippen LogP contribution < -0.4 is 11.5 Å². The standard InChI is InChI=1S/C8H15N.C4H11N.C2H6O.C2H6/c1-2-7-3-5-8(9)6-4-7;1-2-3-4-5;1-3-2;1-2/h3,8H,2,4-6,9H2,1H3;2-5H2,1H3;1-2H3;1-2H3/t8-;;;/m1.../s1. The van der Waals surface area contributed by atoms with Gasteiger partial charge in [-0.2, -0.15) is 0 Å². The van der Waals surface area contributed by atoms with Gasteiger partial charge in [0.25, 0.3) is 0 Å². The van der Waals surface area contributed by atoms with Gasteiger partial charge in [0, 0.05) is 20.3 Å². The summed E-state index contributed by atoms with van der Waals surface area (Å²) in [4.78, 5) is 0. The molecule has 0 amide bonds. The number of methoxy groups -OCH3 is 1. The van der Waals surface area contributed by atoms with E-state index in [4.69, 9.17) is 11.5 Å². The van der Waals surface area contributed by atoms with Crippen LogP contribution in [0.3, 0.4) is 0 Å². The predicted octanol–water partition coefficient (Wildman–Crippen LogP) is 3.87. The lowest BCUT2D eigenvalue weighted by Gasteiger charge is -2.16. The molecule has 0 aromatic carbocycles. The van der Waals surface area contributed by atoms with E-state index >= 15 is 0 Å². The van der Waals surface area contributed by atoms with E-state index in [-0.39, 0.29) is 0 Å². The maximum Gasteiger partial charge on any atom is 0.0351 e. The SMILES string of the molecule is CC.CCC1=CC[C@@H](N)CC1.CCCCN.COC. The second-order valence-electron chi connectivity index (χ2n) is 4.30. The molecule has 4 N–H and O–H groups in total. The minimum atomic E-state index is 0.445. The van der Waals surface area contributed by atoms with Crippen molar-refractivity contribution in [2.75, 3.05) is 20.8 Å². The second-order valence-corrected chi connectivity index (χ2v) is 4.30. The van der Waals surface area contributed by atoms with Crippen molar-refractivity contribution in [3.8, 4) is 0 Å². The van der Waals surface area contributed by atoms with Crippen molar-refractivity contribution >= 4 is 0 Å². The summed E-state index contributed by atoms with van der Waals surface area (Å²) in [5.41, 5.74) is 12.4. The van der Waals surface area contributed by atoms with Gasteiger partial charge in [0.15, 0.2) is 0 Å². The average Bonchev–Trinajstić information content (AvgIpc) is 2.44. The predicted molar refractivity (Wildman–Crippen MR) is 88.4 cm³/mol. The first-order chi connectivity index (χ1) is 9.15. The van der Waals surface area contributed by atoms with Crippen molar-refractivity contribution in [1.29, 1.82) is 0 Å². The maximum atomic E-state index is 5.71. The monoisotopic (exact) mass is 274 g/mol. The van der Waals surface area contributed by atoms with Crippen LogP contribution in [0.15, 0.2) is 11.6 Å². The van der Waals surface area contributed by atoms with Crippen molar-refractivity contribution < 1.29 is 4.74 Å². The molecule has 0 saturated heterocycles. The highest BCUT2D eigenvalue weighted by atomic mass is 16.4. The maximum absolute atomic E-state index is 5.71. The van der Waals surface area contributed by atoms with Crippen LogP contribution in [-0.2, 0) is 4.74 Å². The topological polar surface area (TPSA) is 61.3 Å². The van der Waals surface area contributed by atoms with E-state index < -0.39 is 0 Å². The molecular formula is C16H38N2O. The number of unbranched alkanes of at least 4 members (excludes halogenated alkanes) is 1. The fourth-order valence-corrected chi connectivity index (χ4v) is 1.43. The second kappa shape index (κ2) is 22.8. The van der Waals surface area contributed by atoms with Crippen molar-refractivity contribution in [3.63, 3.8) is 0 Å². The van der Waals surface area contributed by atoms with E-state index in [0.717, 1.165) is 13.0 Å². The van der Waals surface area contributed by atoms with Gasteiger partial charge in [-0.25, -0.2) is 0 Å². The zero-order valence-electron chi connectivity index (χ0n) is 14.2. The van der Waals surface area contributed by atoms with Crippen LogP contribution in [0.2, 0.25) is 0 Å². The highest BCUT2D eigenvalue weighted by Gasteiger charge is 2.07. The molecule has 118 valence electrons. The molecular weight excluding hydrogens is 236 g/mol. The van der Waals surface area contributed by atoms with Gasteiger partial charge in [-0.05, 0) is 38.6 Å². The van der Waals surface area contributed by atoms with Crippen LogP contribution in [0.25, 0.3) is 0 Å². The van der Waals surface area contributed by atoms with Gasteiger partial charge >= 0.3 is 0 Å². The van der Waals surface area contributed by atoms with Crippen LogP contribution in [0.1, 0.15) is 66.2 Å². The Balaban J connectivity index is -0.000000219. The van der Waals surface area contributed by atoms with Gasteiger partial charge in [-0.15, -0.1) is 0 Å². The van der Waals surface area contributed by atoms with Crippen LogP contribution in [0.4, 0.5) is 0 Å². The quantitative estimate of drug-likeness (QED) is 0.768. The van der Waals surface area contributed by atoms with E-state index in [1.807, 2.05) is 13.8 Å². The molecule has 0 aliphatic heterocycles. The Morgan fingerprint density at radius 3 is 2.00 bits per heavy atom. The lowest BCUT2D eigenvalue weighted by molar-refractivity contribution is 0.277. The molecule has 0 radical (unpaired) electrons. The smallest absolute Gasteiger partial charge is 0.0351 e. The number of hydrogen-bond acceptors (Lipinski definition) is 3. The van der Waals surface area contributed by atoms with Crippen molar-refractivity contribution in [2.24, 2.45) is 11.5 Å². The highest BCUT2D eigenvalue weighted by molar-refractivity contribution is 5.06. The molecule has 0 aromatic heterocycles. The molecule has 0 fully saturated rings. The lowest BCUT2D eigenvalue weighted by Crippen LogP contribution is -2.21. The minimum Gasteiger partial charge on any atom is -0.388 e. The summed E-state index contributed by atoms with van der Waals surface area (Å²) in [5, 5.41) is 0. The summed E-state index contributed by atoms with van der Waals surface area (Å²) in [6, 6.07) is 0.445. The Kier molecular flexibility index (Phi) is 28.4. The summed E-state index contributed by atoms with van der Waals surface area (Å²) in [5.74, 6) is 0. The van der Waals surface area contributed by atoms with E-state index in [9.17, 15) is 0 Å². The van der Waals surface area contributed by atoms with E-state index in [1.54, 1.807) is 19.8 Å². The normalized spacial score (nSPS) is 16.6. The Hall–Kier alpha value is -0.380. The van der Waals surface area contributed by atoms with Crippen LogP contribution in [0, 0.1) is 0 Å². The molecule has 1 aliphatic carbocycles. The third-order valence-electron chi connectivity index (χ3n) is 2.56. The molecule has 0 spiro atoms. The van der Waals surface area contributed by atoms with Crippen LogP contribution >= 0.6 is 0 Å². The molecule has 0 unspecified atom stereocenters. The van der Waals surface area contributed by atoms with E-state index in [0.29, 0.717) is 6.04 Å². The van der Waals surface area contributed by atoms with Gasteiger partial charge in [0.1, 0.15) is 0 Å². The number of rotatable bonds is 3. The Bertz CT molecular complexity index is 168. The average molecular weight is 274 g/mol. The van der Waals surface area contributed by atoms with Crippen LogP contribution in [0.5, 0.6) is 0 Å². The van der Waals surface area contributed by atoms with Gasteiger partial charge in [-0.1, -0.05) is 45.8 Å². The summed E-state index contributed by atoms with van der Waals surface area (Å²) in [7, 11) is 3.25. The molecule has 3 heteroatoms. The van der Waals surface area contributed by atoms with Gasteiger partial charge < -0.3 is 16.2 Å². The third kappa shape index (κ3) is 23.2. The molecule has 19 heavy (non-hydrogen) atoms. The first-order valence-corrected chi connectivity index (χ1v) is 7.69. The Morgan fingerprint density at radius 2 is 1.79 bits per heavy atom. The minimum absolute atomic E-state index is 0.445. The number of allylic oxidation sites excluding steroid dienone is 1. The molecule has 0 aromatic rings. The zero-order chi connectivity index (χ0) is 15.5. The summed E-state index contributed by atoms with van der Waals surface area (Å²) < 4.78 is 4.25. The van der Waals surface area contributed by atoms with Crippen molar-refractivity contribution in [1.82, 2.24) is 0 Å². The Labute approximate surface area is 121 Å². The molecule has 1 aliphatic rings. The Morgan fingerprint density at radius 1 is 1.26 bits per heavy atom. The van der Waals surface area contributed by atoms with Gasteiger partial charge in [0.2, 0.25) is 0 Å². The highest BCUT2D eigenvalue weighted by Crippen LogP contribution is 2.18. The molecule has 0 saturated carbocycles. The van der Waals surface area contributed by atoms with Crippen molar-refractivity contribution in [3.05, 3.63) is 11.6 Å². The van der Waals surface area contributed by atoms with Gasteiger partial charge in [-0.3, -0.25) is 0 Å². The molecule has 1 rings (SSSR count). The third-order valence-corrected chi connectivity index (χ3v) is 2.56. The lowest BCUT2D eigenvalue weighted by atomic mass is 9.95. The number of ether oxygens (including phenoxy) is 1. The fourth-order valence-electron chi connectivity index (χ4n) is 1.43. The van der Waals surface area contributed by atoms with Crippen LogP contribution in [-0.4, -0.2) is 26.8 Å². The number of nitrogens with two attached hydrogens (primary N) is 2.